The molecule has 1 aromatic rings. The highest BCUT2D eigenvalue weighted by Gasteiger charge is 2.31. The summed E-state index contributed by atoms with van der Waals surface area (Å²) in [5, 5.41) is 4.10. The van der Waals surface area contributed by atoms with Crippen molar-refractivity contribution in [3.05, 3.63) is 86.6 Å². The number of carbonyl (C=O) groups is 1. The fourth-order valence-corrected chi connectivity index (χ4v) is 4.66. The Morgan fingerprint density at radius 3 is 2.65 bits per heavy atom. The number of benzene rings is 1. The van der Waals surface area contributed by atoms with E-state index in [1.807, 2.05) is 47.5 Å². The molecule has 2 heterocycles. The molecular weight excluding hydrogens is 387 g/mol. The second kappa shape index (κ2) is 7.39. The molecule has 0 bridgehead atoms. The molecule has 132 valence electrons. The van der Waals surface area contributed by atoms with Crippen LogP contribution in [-0.2, 0) is 4.79 Å². The standard InChI is InChI=1S/C20H16Cl2N2OS/c21-15-7-4-8-16(22)18(15)19-17-10-9-14(11-24(17)12-23-20(19)25)26-13-5-2-1-3-6-13/h1-3,5-7,9-11H,4,8,12H2,(H,23,25). The Labute approximate surface area is 166 Å². The highest BCUT2D eigenvalue weighted by molar-refractivity contribution is 8.03. The van der Waals surface area contributed by atoms with Crippen LogP contribution < -0.4 is 5.32 Å². The Balaban J connectivity index is 1.70. The zero-order valence-corrected chi connectivity index (χ0v) is 16.2. The van der Waals surface area contributed by atoms with Gasteiger partial charge in [0.25, 0.3) is 5.91 Å². The minimum Gasteiger partial charge on any atom is -0.334 e. The lowest BCUT2D eigenvalue weighted by Crippen LogP contribution is -2.42. The molecule has 0 aromatic heterocycles. The van der Waals surface area contributed by atoms with Gasteiger partial charge in [-0.15, -0.1) is 0 Å². The summed E-state index contributed by atoms with van der Waals surface area (Å²) in [4.78, 5) is 16.9. The molecule has 6 heteroatoms. The van der Waals surface area contributed by atoms with E-state index in [1.165, 1.54) is 4.90 Å². The summed E-state index contributed by atoms with van der Waals surface area (Å²) in [7, 11) is 0. The number of nitrogens with one attached hydrogen (secondary N) is 1. The SMILES string of the molecule is O=C1NCN2C=C(Sc3ccccc3)C=CC2=C1C1=C(Cl)CCC=C1Cl. The first-order valence-electron chi connectivity index (χ1n) is 8.30. The largest absolute Gasteiger partial charge is 0.334 e. The highest BCUT2D eigenvalue weighted by Crippen LogP contribution is 2.40. The third kappa shape index (κ3) is 3.37. The van der Waals surface area contributed by atoms with Gasteiger partial charge in [0.15, 0.2) is 0 Å². The summed E-state index contributed by atoms with van der Waals surface area (Å²) in [6, 6.07) is 10.2. The molecule has 3 nitrogen and oxygen atoms in total. The van der Waals surface area contributed by atoms with Crippen LogP contribution >= 0.6 is 35.0 Å². The van der Waals surface area contributed by atoms with Crippen LogP contribution in [0, 0.1) is 0 Å². The minimum atomic E-state index is -0.143. The maximum absolute atomic E-state index is 12.6. The van der Waals surface area contributed by atoms with E-state index in [-0.39, 0.29) is 5.91 Å². The van der Waals surface area contributed by atoms with Crippen LogP contribution in [0.3, 0.4) is 0 Å². The molecule has 3 aliphatic rings. The maximum atomic E-state index is 12.6. The van der Waals surface area contributed by atoms with Gasteiger partial charge in [-0.3, -0.25) is 4.79 Å². The Kier molecular flexibility index (Phi) is 4.98. The van der Waals surface area contributed by atoms with Crippen LogP contribution in [0.5, 0.6) is 0 Å². The Hall–Kier alpha value is -1.88. The second-order valence-corrected chi connectivity index (χ2v) is 8.05. The number of allylic oxidation sites excluding steroid dienone is 5. The molecule has 0 saturated carbocycles. The lowest BCUT2D eigenvalue weighted by atomic mass is 9.94. The van der Waals surface area contributed by atoms with Gasteiger partial charge in [-0.05, 0) is 37.1 Å². The number of halogens is 2. The summed E-state index contributed by atoms with van der Waals surface area (Å²) in [5.41, 5.74) is 2.01. The van der Waals surface area contributed by atoms with Gasteiger partial charge in [-0.2, -0.15) is 0 Å². The van der Waals surface area contributed by atoms with Crippen molar-refractivity contribution in [3.63, 3.8) is 0 Å². The molecule has 0 unspecified atom stereocenters. The van der Waals surface area contributed by atoms with Gasteiger partial charge in [0.1, 0.15) is 0 Å². The van der Waals surface area contributed by atoms with Crippen LogP contribution in [-0.4, -0.2) is 17.5 Å². The van der Waals surface area contributed by atoms with Gasteiger partial charge >= 0.3 is 0 Å². The zero-order chi connectivity index (χ0) is 18.1. The number of amides is 1. The van der Waals surface area contributed by atoms with Crippen molar-refractivity contribution in [1.29, 1.82) is 0 Å². The first-order chi connectivity index (χ1) is 12.6. The number of rotatable bonds is 3. The molecule has 1 aromatic carbocycles. The lowest BCUT2D eigenvalue weighted by Gasteiger charge is -2.33. The van der Waals surface area contributed by atoms with Gasteiger partial charge in [0, 0.05) is 31.6 Å². The van der Waals surface area contributed by atoms with Crippen molar-refractivity contribution < 1.29 is 4.79 Å². The molecule has 26 heavy (non-hydrogen) atoms. The summed E-state index contributed by atoms with van der Waals surface area (Å²) < 4.78 is 0. The average molecular weight is 403 g/mol. The molecular formula is C20H16Cl2N2OS. The molecule has 0 fully saturated rings. The Bertz CT molecular complexity index is 913. The van der Waals surface area contributed by atoms with Gasteiger partial charge in [-0.25, -0.2) is 0 Å². The number of hydrogen-bond acceptors (Lipinski definition) is 3. The van der Waals surface area contributed by atoms with Crippen LogP contribution in [0.4, 0.5) is 0 Å². The zero-order valence-electron chi connectivity index (χ0n) is 13.8. The first kappa shape index (κ1) is 17.5. The molecule has 0 saturated heterocycles. The molecule has 0 radical (unpaired) electrons. The fraction of sp³-hybridized carbons (Fsp3) is 0.150. The molecule has 1 aliphatic carbocycles. The quantitative estimate of drug-likeness (QED) is 0.749. The second-order valence-electron chi connectivity index (χ2n) is 6.04. The van der Waals surface area contributed by atoms with Crippen molar-refractivity contribution in [2.45, 2.75) is 17.7 Å². The molecule has 4 rings (SSSR count). The van der Waals surface area contributed by atoms with Crippen LogP contribution in [0.2, 0.25) is 0 Å². The maximum Gasteiger partial charge on any atom is 0.255 e. The summed E-state index contributed by atoms with van der Waals surface area (Å²) >= 11 is 14.5. The van der Waals surface area contributed by atoms with E-state index in [1.54, 1.807) is 11.8 Å². The highest BCUT2D eigenvalue weighted by atomic mass is 35.5. The number of nitrogens with zero attached hydrogens (tertiary/aromatic N) is 1. The Morgan fingerprint density at radius 2 is 1.88 bits per heavy atom. The van der Waals surface area contributed by atoms with Crippen LogP contribution in [0.1, 0.15) is 12.8 Å². The molecule has 0 spiro atoms. The molecule has 0 atom stereocenters. The average Bonchev–Trinajstić information content (AvgIpc) is 2.64. The van der Waals surface area contributed by atoms with E-state index < -0.39 is 0 Å². The monoisotopic (exact) mass is 402 g/mol. The lowest BCUT2D eigenvalue weighted by molar-refractivity contribution is -0.118. The molecule has 1 N–H and O–H groups in total. The van der Waals surface area contributed by atoms with Crippen molar-refractivity contribution >= 4 is 40.9 Å². The van der Waals surface area contributed by atoms with E-state index >= 15 is 0 Å². The third-order valence-electron chi connectivity index (χ3n) is 4.32. The smallest absolute Gasteiger partial charge is 0.255 e. The number of fused-ring (bicyclic) bond motifs is 1. The summed E-state index contributed by atoms with van der Waals surface area (Å²) in [6.45, 7) is 0.424. The molecule has 2 aliphatic heterocycles. The van der Waals surface area contributed by atoms with Gasteiger partial charge in [0.05, 0.1) is 17.9 Å². The number of hydrogen-bond donors (Lipinski definition) is 1. The summed E-state index contributed by atoms with van der Waals surface area (Å²) in [6.07, 6.45) is 9.45. The first-order valence-corrected chi connectivity index (χ1v) is 9.87. The van der Waals surface area contributed by atoms with E-state index in [9.17, 15) is 4.79 Å². The van der Waals surface area contributed by atoms with Crippen molar-refractivity contribution in [2.75, 3.05) is 6.67 Å². The van der Waals surface area contributed by atoms with Crippen LogP contribution in [0.25, 0.3) is 0 Å². The van der Waals surface area contributed by atoms with E-state index in [4.69, 9.17) is 23.2 Å². The normalized spacial score (nSPS) is 19.9. The van der Waals surface area contributed by atoms with E-state index in [2.05, 4.69) is 17.4 Å². The van der Waals surface area contributed by atoms with Gasteiger partial charge in [-0.1, -0.05) is 59.2 Å². The predicted octanol–water partition coefficient (Wildman–Crippen LogP) is 5.24. The van der Waals surface area contributed by atoms with Gasteiger partial charge in [0.2, 0.25) is 0 Å². The van der Waals surface area contributed by atoms with E-state index in [0.717, 1.165) is 17.0 Å². The Morgan fingerprint density at radius 1 is 1.08 bits per heavy atom. The van der Waals surface area contributed by atoms with Gasteiger partial charge < -0.3 is 10.2 Å². The minimum absolute atomic E-state index is 0.143. The van der Waals surface area contributed by atoms with Crippen molar-refractivity contribution in [3.8, 4) is 0 Å². The third-order valence-corrected chi connectivity index (χ3v) is 6.02. The number of carbonyl (C=O) groups excluding carboxylic acids is 1. The number of thioether (sulfide) groups is 1. The fourth-order valence-electron chi connectivity index (χ4n) is 3.11. The molecule has 1 amide bonds. The van der Waals surface area contributed by atoms with Crippen LogP contribution in [0.15, 0.2) is 91.5 Å². The van der Waals surface area contributed by atoms with Crippen molar-refractivity contribution in [2.24, 2.45) is 0 Å². The predicted molar refractivity (Wildman–Crippen MR) is 107 cm³/mol. The topological polar surface area (TPSA) is 32.3 Å². The van der Waals surface area contributed by atoms with E-state index in [0.29, 0.717) is 34.3 Å². The van der Waals surface area contributed by atoms with Crippen molar-refractivity contribution in [1.82, 2.24) is 10.2 Å². The summed E-state index contributed by atoms with van der Waals surface area (Å²) in [5.74, 6) is -0.143.